The number of halogens is 1. The van der Waals surface area contributed by atoms with Crippen molar-refractivity contribution in [1.82, 2.24) is 25.1 Å². The van der Waals surface area contributed by atoms with Gasteiger partial charge in [-0.05, 0) is 51.5 Å². The lowest BCUT2D eigenvalue weighted by Crippen LogP contribution is -2.32. The van der Waals surface area contributed by atoms with Gasteiger partial charge in [-0.1, -0.05) is 17.7 Å². The summed E-state index contributed by atoms with van der Waals surface area (Å²) in [6.07, 6.45) is 0. The molecule has 2 aromatic heterocycles. The summed E-state index contributed by atoms with van der Waals surface area (Å²) in [6, 6.07) is 8.92. The first kappa shape index (κ1) is 20.6. The zero-order valence-corrected chi connectivity index (χ0v) is 17.6. The van der Waals surface area contributed by atoms with Crippen LogP contribution < -0.4 is 16.0 Å². The highest BCUT2D eigenvalue weighted by Crippen LogP contribution is 2.19. The summed E-state index contributed by atoms with van der Waals surface area (Å²) in [7, 11) is 0. The van der Waals surface area contributed by atoms with Crippen LogP contribution in [0.1, 0.15) is 22.8 Å². The van der Waals surface area contributed by atoms with Gasteiger partial charge in [-0.2, -0.15) is 5.10 Å². The quantitative estimate of drug-likeness (QED) is 0.534. The van der Waals surface area contributed by atoms with Gasteiger partial charge in [0, 0.05) is 35.6 Å². The summed E-state index contributed by atoms with van der Waals surface area (Å²) in [6.45, 7) is 8.59. The van der Waals surface area contributed by atoms with Gasteiger partial charge in [0.05, 0.1) is 5.69 Å². The molecule has 0 spiro atoms. The minimum atomic E-state index is -0.297. The Bertz CT molecular complexity index is 1030. The molecule has 1 aromatic carbocycles. The fourth-order valence-electron chi connectivity index (χ4n) is 2.82. The Hall–Kier alpha value is -3.13. The number of anilines is 2. The molecule has 2 heterocycles. The van der Waals surface area contributed by atoms with E-state index in [2.05, 4.69) is 31.0 Å². The Morgan fingerprint density at radius 2 is 1.86 bits per heavy atom. The van der Waals surface area contributed by atoms with Gasteiger partial charge in [0.1, 0.15) is 11.6 Å². The summed E-state index contributed by atoms with van der Waals surface area (Å²) < 4.78 is 1.79. The predicted molar refractivity (Wildman–Crippen MR) is 115 cm³/mol. The number of nitrogens with zero attached hydrogens (tertiary/aromatic N) is 4. The van der Waals surface area contributed by atoms with Crippen LogP contribution >= 0.6 is 11.6 Å². The number of aryl methyl sites for hydroxylation is 4. The molecule has 3 N–H and O–H groups in total. The number of urea groups is 1. The van der Waals surface area contributed by atoms with Gasteiger partial charge in [-0.15, -0.1) is 0 Å². The smallest absolute Gasteiger partial charge is 0.319 e. The molecule has 0 aliphatic carbocycles. The molecule has 152 valence electrons. The first-order valence-corrected chi connectivity index (χ1v) is 9.64. The van der Waals surface area contributed by atoms with E-state index in [0.717, 1.165) is 17.0 Å². The SMILES string of the molecule is Cc1cc(C)n(-c2cc(NCCNC(=O)Nc3ccc(C)c(Cl)c3)nc(C)n2)n1. The van der Waals surface area contributed by atoms with E-state index in [-0.39, 0.29) is 6.03 Å². The topological polar surface area (TPSA) is 96.8 Å². The minimum Gasteiger partial charge on any atom is -0.368 e. The van der Waals surface area contributed by atoms with Crippen LogP contribution in [0.4, 0.5) is 16.3 Å². The molecule has 0 aliphatic rings. The van der Waals surface area contributed by atoms with Crippen molar-refractivity contribution in [3.8, 4) is 5.82 Å². The molecule has 0 saturated carbocycles. The number of rotatable bonds is 6. The molecule has 0 bridgehead atoms. The zero-order valence-electron chi connectivity index (χ0n) is 16.9. The number of hydrogen-bond acceptors (Lipinski definition) is 5. The van der Waals surface area contributed by atoms with Gasteiger partial charge in [0.15, 0.2) is 5.82 Å². The van der Waals surface area contributed by atoms with Crippen molar-refractivity contribution >= 4 is 29.1 Å². The predicted octanol–water partition coefficient (Wildman–Crippen LogP) is 3.78. The van der Waals surface area contributed by atoms with Crippen LogP contribution in [-0.4, -0.2) is 38.9 Å². The second-order valence-electron chi connectivity index (χ2n) is 6.77. The Balaban J connectivity index is 1.53. The van der Waals surface area contributed by atoms with Crippen molar-refractivity contribution in [3.05, 3.63) is 58.1 Å². The van der Waals surface area contributed by atoms with E-state index in [4.69, 9.17) is 11.6 Å². The number of amides is 2. The third kappa shape index (κ3) is 5.45. The number of hydrogen-bond donors (Lipinski definition) is 3. The summed E-state index contributed by atoms with van der Waals surface area (Å²) in [5.74, 6) is 2.01. The van der Waals surface area contributed by atoms with Gasteiger partial charge in [0.2, 0.25) is 0 Å². The maximum Gasteiger partial charge on any atom is 0.319 e. The van der Waals surface area contributed by atoms with Crippen LogP contribution in [0.25, 0.3) is 5.82 Å². The minimum absolute atomic E-state index is 0.297. The van der Waals surface area contributed by atoms with Gasteiger partial charge >= 0.3 is 6.03 Å². The van der Waals surface area contributed by atoms with E-state index >= 15 is 0 Å². The van der Waals surface area contributed by atoms with Crippen LogP contribution in [0.15, 0.2) is 30.3 Å². The Labute approximate surface area is 174 Å². The molecule has 0 unspecified atom stereocenters. The van der Waals surface area contributed by atoms with Crippen molar-refractivity contribution < 1.29 is 4.79 Å². The summed E-state index contributed by atoms with van der Waals surface area (Å²) in [4.78, 5) is 20.9. The third-order valence-corrected chi connectivity index (χ3v) is 4.60. The normalized spacial score (nSPS) is 10.7. The molecule has 9 heteroatoms. The Kier molecular flexibility index (Phi) is 6.33. The Morgan fingerprint density at radius 3 is 2.55 bits per heavy atom. The summed E-state index contributed by atoms with van der Waals surface area (Å²) in [5, 5.41) is 13.8. The monoisotopic (exact) mass is 413 g/mol. The second kappa shape index (κ2) is 8.91. The van der Waals surface area contributed by atoms with Gasteiger partial charge in [-0.25, -0.2) is 19.4 Å². The molecule has 0 saturated heterocycles. The van der Waals surface area contributed by atoms with Gasteiger partial charge in [0.25, 0.3) is 0 Å². The third-order valence-electron chi connectivity index (χ3n) is 4.20. The number of aromatic nitrogens is 4. The molecule has 29 heavy (non-hydrogen) atoms. The van der Waals surface area contributed by atoms with Gasteiger partial charge < -0.3 is 16.0 Å². The average molecular weight is 414 g/mol. The highest BCUT2D eigenvalue weighted by molar-refractivity contribution is 6.31. The molecule has 3 rings (SSSR count). The van der Waals surface area contributed by atoms with E-state index in [1.165, 1.54) is 0 Å². The zero-order chi connectivity index (χ0) is 21.0. The van der Waals surface area contributed by atoms with E-state index in [1.807, 2.05) is 52.0 Å². The maximum absolute atomic E-state index is 12.0. The van der Waals surface area contributed by atoms with Crippen molar-refractivity contribution in [2.75, 3.05) is 23.7 Å². The summed E-state index contributed by atoms with van der Waals surface area (Å²) in [5.41, 5.74) is 3.54. The van der Waals surface area contributed by atoms with Crippen LogP contribution in [0, 0.1) is 27.7 Å². The molecule has 2 amide bonds. The first-order valence-electron chi connectivity index (χ1n) is 9.26. The number of nitrogens with one attached hydrogen (secondary N) is 3. The van der Waals surface area contributed by atoms with E-state index in [0.29, 0.717) is 41.3 Å². The lowest BCUT2D eigenvalue weighted by atomic mass is 10.2. The fourth-order valence-corrected chi connectivity index (χ4v) is 3.00. The van der Waals surface area contributed by atoms with Crippen molar-refractivity contribution in [3.63, 3.8) is 0 Å². The van der Waals surface area contributed by atoms with Crippen molar-refractivity contribution in [2.45, 2.75) is 27.7 Å². The van der Waals surface area contributed by atoms with Crippen molar-refractivity contribution in [2.24, 2.45) is 0 Å². The van der Waals surface area contributed by atoms with Crippen molar-refractivity contribution in [1.29, 1.82) is 0 Å². The van der Waals surface area contributed by atoms with E-state index < -0.39 is 0 Å². The Morgan fingerprint density at radius 1 is 1.07 bits per heavy atom. The lowest BCUT2D eigenvalue weighted by Gasteiger charge is -2.11. The highest BCUT2D eigenvalue weighted by Gasteiger charge is 2.08. The number of carbonyl (C=O) groups is 1. The van der Waals surface area contributed by atoms with Crippen LogP contribution in [0.5, 0.6) is 0 Å². The van der Waals surface area contributed by atoms with Crippen LogP contribution in [0.2, 0.25) is 5.02 Å². The molecule has 0 radical (unpaired) electrons. The maximum atomic E-state index is 12.0. The van der Waals surface area contributed by atoms with Crippen LogP contribution in [0.3, 0.4) is 0 Å². The number of carbonyl (C=O) groups excluding carboxylic acids is 1. The molecule has 0 aliphatic heterocycles. The average Bonchev–Trinajstić information content (AvgIpc) is 3.00. The van der Waals surface area contributed by atoms with Crippen LogP contribution in [-0.2, 0) is 0 Å². The molecule has 0 atom stereocenters. The molecule has 3 aromatic rings. The summed E-state index contributed by atoms with van der Waals surface area (Å²) >= 11 is 6.07. The number of benzene rings is 1. The largest absolute Gasteiger partial charge is 0.368 e. The van der Waals surface area contributed by atoms with Gasteiger partial charge in [-0.3, -0.25) is 0 Å². The highest BCUT2D eigenvalue weighted by atomic mass is 35.5. The molecule has 0 fully saturated rings. The fraction of sp³-hybridized carbons (Fsp3) is 0.300. The second-order valence-corrected chi connectivity index (χ2v) is 7.18. The van der Waals surface area contributed by atoms with E-state index in [9.17, 15) is 4.79 Å². The molecular weight excluding hydrogens is 390 g/mol. The first-order chi connectivity index (χ1) is 13.8. The molecule has 8 nitrogen and oxygen atoms in total. The molecular formula is C20H24ClN7O. The van der Waals surface area contributed by atoms with E-state index in [1.54, 1.807) is 10.7 Å². The standard InChI is InChI=1S/C20H24ClN7O/c1-12-5-6-16(10-17(12)21)26-20(29)23-8-7-22-18-11-19(25-15(4)24-18)28-14(3)9-13(2)27-28/h5-6,9-11H,7-8H2,1-4H3,(H,22,24,25)(H2,23,26,29). The lowest BCUT2D eigenvalue weighted by molar-refractivity contribution is 0.252.